The number of benzene rings is 1. The zero-order chi connectivity index (χ0) is 20.5. The van der Waals surface area contributed by atoms with Crippen LogP contribution < -0.4 is 10.1 Å². The van der Waals surface area contributed by atoms with Crippen LogP contribution in [-0.2, 0) is 16.0 Å². The van der Waals surface area contributed by atoms with Gasteiger partial charge >= 0.3 is 12.0 Å². The fourth-order valence-electron chi connectivity index (χ4n) is 2.99. The van der Waals surface area contributed by atoms with E-state index in [9.17, 15) is 14.4 Å². The summed E-state index contributed by atoms with van der Waals surface area (Å²) in [4.78, 5) is 38.5. The predicted molar refractivity (Wildman–Crippen MR) is 104 cm³/mol. The molecule has 0 aromatic heterocycles. The molecule has 1 atom stereocenters. The minimum absolute atomic E-state index is 0.0294. The molecule has 154 valence electrons. The molecular formula is C20H29N3O5. The normalized spacial score (nSPS) is 15.1. The summed E-state index contributed by atoms with van der Waals surface area (Å²) in [7, 11) is 0. The Morgan fingerprint density at radius 3 is 2.29 bits per heavy atom. The highest BCUT2D eigenvalue weighted by Gasteiger charge is 2.27. The number of carboxylic acids is 1. The smallest absolute Gasteiger partial charge is 0.317 e. The monoisotopic (exact) mass is 391 g/mol. The van der Waals surface area contributed by atoms with Gasteiger partial charge < -0.3 is 25.0 Å². The molecule has 1 aromatic carbocycles. The van der Waals surface area contributed by atoms with Crippen molar-refractivity contribution >= 4 is 17.9 Å². The van der Waals surface area contributed by atoms with Crippen LogP contribution in [-0.4, -0.2) is 71.6 Å². The SMILES string of the molecule is CCc1ccc(OC(C)C(=O)N2CCN(C(=O)NCCCC(=O)O)CC2)cc1. The Bertz CT molecular complexity index is 669. The Labute approximate surface area is 165 Å². The van der Waals surface area contributed by atoms with Gasteiger partial charge in [-0.2, -0.15) is 0 Å². The lowest BCUT2D eigenvalue weighted by molar-refractivity contribution is -0.139. The van der Waals surface area contributed by atoms with Crippen LogP contribution in [0.25, 0.3) is 0 Å². The zero-order valence-corrected chi connectivity index (χ0v) is 16.5. The maximum Gasteiger partial charge on any atom is 0.317 e. The van der Waals surface area contributed by atoms with E-state index in [0.717, 1.165) is 6.42 Å². The Morgan fingerprint density at radius 2 is 1.71 bits per heavy atom. The van der Waals surface area contributed by atoms with E-state index < -0.39 is 12.1 Å². The summed E-state index contributed by atoms with van der Waals surface area (Å²) >= 11 is 0. The molecule has 1 saturated heterocycles. The fourth-order valence-corrected chi connectivity index (χ4v) is 2.99. The Kier molecular flexibility index (Phi) is 8.10. The lowest BCUT2D eigenvalue weighted by Crippen LogP contribution is -2.55. The van der Waals surface area contributed by atoms with Gasteiger partial charge in [0, 0.05) is 39.1 Å². The van der Waals surface area contributed by atoms with Crippen LogP contribution in [0, 0.1) is 0 Å². The van der Waals surface area contributed by atoms with Crippen molar-refractivity contribution in [1.29, 1.82) is 0 Å². The van der Waals surface area contributed by atoms with Gasteiger partial charge in [-0.15, -0.1) is 0 Å². The first-order chi connectivity index (χ1) is 13.4. The maximum absolute atomic E-state index is 12.6. The Hall–Kier alpha value is -2.77. The number of carboxylic acid groups (broad SMARTS) is 1. The number of hydrogen-bond acceptors (Lipinski definition) is 4. The van der Waals surface area contributed by atoms with Crippen molar-refractivity contribution in [2.24, 2.45) is 0 Å². The van der Waals surface area contributed by atoms with E-state index in [1.807, 2.05) is 24.3 Å². The van der Waals surface area contributed by atoms with Gasteiger partial charge in [0.15, 0.2) is 6.10 Å². The summed E-state index contributed by atoms with van der Waals surface area (Å²) in [5, 5.41) is 11.3. The van der Waals surface area contributed by atoms with Crippen LogP contribution in [0.3, 0.4) is 0 Å². The molecule has 0 aliphatic carbocycles. The number of carbonyl (C=O) groups is 3. The van der Waals surface area contributed by atoms with Crippen molar-refractivity contribution in [2.45, 2.75) is 39.2 Å². The molecule has 1 aliphatic heterocycles. The van der Waals surface area contributed by atoms with Gasteiger partial charge in [-0.25, -0.2) is 4.79 Å². The molecular weight excluding hydrogens is 362 g/mol. The van der Waals surface area contributed by atoms with Crippen LogP contribution in [0.1, 0.15) is 32.3 Å². The van der Waals surface area contributed by atoms with Crippen molar-refractivity contribution in [2.75, 3.05) is 32.7 Å². The molecule has 28 heavy (non-hydrogen) atoms. The van der Waals surface area contributed by atoms with Crippen LogP contribution in [0.4, 0.5) is 4.79 Å². The minimum atomic E-state index is -0.876. The molecule has 0 radical (unpaired) electrons. The molecule has 8 nitrogen and oxygen atoms in total. The lowest BCUT2D eigenvalue weighted by Gasteiger charge is -2.35. The molecule has 0 bridgehead atoms. The van der Waals surface area contributed by atoms with Gasteiger partial charge in [0.05, 0.1) is 0 Å². The van der Waals surface area contributed by atoms with Gasteiger partial charge in [0.25, 0.3) is 5.91 Å². The van der Waals surface area contributed by atoms with Crippen LogP contribution >= 0.6 is 0 Å². The number of nitrogens with one attached hydrogen (secondary N) is 1. The summed E-state index contributed by atoms with van der Waals surface area (Å²) < 4.78 is 5.76. The quantitative estimate of drug-likeness (QED) is 0.658. The molecule has 1 fully saturated rings. The number of carbonyl (C=O) groups excluding carboxylic acids is 2. The lowest BCUT2D eigenvalue weighted by atomic mass is 10.2. The fraction of sp³-hybridized carbons (Fsp3) is 0.550. The van der Waals surface area contributed by atoms with E-state index in [4.69, 9.17) is 9.84 Å². The van der Waals surface area contributed by atoms with E-state index in [1.54, 1.807) is 16.7 Å². The first-order valence-electron chi connectivity index (χ1n) is 9.69. The zero-order valence-electron chi connectivity index (χ0n) is 16.5. The molecule has 1 aromatic rings. The highest BCUT2D eigenvalue weighted by molar-refractivity contribution is 5.81. The van der Waals surface area contributed by atoms with E-state index in [1.165, 1.54) is 5.56 Å². The van der Waals surface area contributed by atoms with Crippen molar-refractivity contribution < 1.29 is 24.2 Å². The number of ether oxygens (including phenoxy) is 1. The number of urea groups is 1. The first-order valence-corrected chi connectivity index (χ1v) is 9.69. The molecule has 0 spiro atoms. The highest BCUT2D eigenvalue weighted by atomic mass is 16.5. The van der Waals surface area contributed by atoms with Gasteiger partial charge in [0.1, 0.15) is 5.75 Å². The van der Waals surface area contributed by atoms with Gasteiger partial charge in [-0.3, -0.25) is 9.59 Å². The first kappa shape index (κ1) is 21.5. The van der Waals surface area contributed by atoms with Gasteiger partial charge in [0.2, 0.25) is 0 Å². The van der Waals surface area contributed by atoms with E-state index >= 15 is 0 Å². The van der Waals surface area contributed by atoms with Gasteiger partial charge in [-0.05, 0) is 37.5 Å². The second-order valence-corrected chi connectivity index (χ2v) is 6.80. The largest absolute Gasteiger partial charge is 0.481 e. The number of aryl methyl sites for hydroxylation is 1. The average molecular weight is 391 g/mol. The molecule has 2 N–H and O–H groups in total. The Morgan fingerprint density at radius 1 is 1.11 bits per heavy atom. The summed E-state index contributed by atoms with van der Waals surface area (Å²) in [6.07, 6.45) is 0.783. The maximum atomic E-state index is 12.6. The second-order valence-electron chi connectivity index (χ2n) is 6.80. The average Bonchev–Trinajstić information content (AvgIpc) is 2.71. The van der Waals surface area contributed by atoms with Crippen LogP contribution in [0.15, 0.2) is 24.3 Å². The summed E-state index contributed by atoms with van der Waals surface area (Å²) in [5.74, 6) is -0.308. The van der Waals surface area contributed by atoms with Gasteiger partial charge in [-0.1, -0.05) is 19.1 Å². The summed E-state index contributed by atoms with van der Waals surface area (Å²) in [5.41, 5.74) is 1.21. The number of rotatable bonds is 8. The third kappa shape index (κ3) is 6.44. The van der Waals surface area contributed by atoms with Crippen molar-refractivity contribution in [3.63, 3.8) is 0 Å². The molecule has 1 unspecified atom stereocenters. The third-order valence-electron chi connectivity index (χ3n) is 4.71. The molecule has 2 rings (SSSR count). The topological polar surface area (TPSA) is 99.2 Å². The van der Waals surface area contributed by atoms with Crippen LogP contribution in [0.5, 0.6) is 5.75 Å². The minimum Gasteiger partial charge on any atom is -0.481 e. The molecule has 8 heteroatoms. The van der Waals surface area contributed by atoms with E-state index in [2.05, 4.69) is 12.2 Å². The predicted octanol–water partition coefficient (Wildman–Crippen LogP) is 1.73. The number of piperazine rings is 1. The van der Waals surface area contributed by atoms with Crippen molar-refractivity contribution in [3.8, 4) is 5.75 Å². The Balaban J connectivity index is 1.74. The number of nitrogens with zero attached hydrogens (tertiary/aromatic N) is 2. The summed E-state index contributed by atoms with van der Waals surface area (Å²) in [6.45, 7) is 5.91. The molecule has 3 amide bonds. The highest BCUT2D eigenvalue weighted by Crippen LogP contribution is 2.15. The molecule has 1 aliphatic rings. The van der Waals surface area contributed by atoms with E-state index in [-0.39, 0.29) is 18.4 Å². The summed E-state index contributed by atoms with van der Waals surface area (Å²) in [6, 6.07) is 7.49. The number of aliphatic carboxylic acids is 1. The number of amides is 3. The third-order valence-corrected chi connectivity index (χ3v) is 4.71. The molecule has 0 saturated carbocycles. The van der Waals surface area contributed by atoms with Crippen molar-refractivity contribution in [3.05, 3.63) is 29.8 Å². The second kappa shape index (κ2) is 10.5. The van der Waals surface area contributed by atoms with E-state index in [0.29, 0.717) is 44.9 Å². The number of hydrogen-bond donors (Lipinski definition) is 2. The molecule has 1 heterocycles. The van der Waals surface area contributed by atoms with Crippen LogP contribution in [0.2, 0.25) is 0 Å². The standard InChI is InChI=1S/C20H29N3O5/c1-3-16-6-8-17(9-7-16)28-15(2)19(26)22-11-13-23(14-12-22)20(27)21-10-4-5-18(24)25/h6-9,15H,3-5,10-14H2,1-2H3,(H,21,27)(H,24,25). The van der Waals surface area contributed by atoms with Crippen molar-refractivity contribution in [1.82, 2.24) is 15.1 Å².